The number of pyridine rings is 1. The Balaban J connectivity index is 0.000000662. The van der Waals surface area contributed by atoms with Crippen molar-refractivity contribution in [2.45, 2.75) is 71.8 Å². The van der Waals surface area contributed by atoms with Gasteiger partial charge in [-0.05, 0) is 42.5 Å². The highest BCUT2D eigenvalue weighted by Crippen LogP contribution is 2.32. The summed E-state index contributed by atoms with van der Waals surface area (Å²) in [5, 5.41) is 3.20. The number of hydrogen-bond acceptors (Lipinski definition) is 2. The number of alkyl halides is 6. The number of allylic oxidation sites excluding steroid dienone is 1. The maximum Gasteiger partial charge on any atom is 0.416 e. The van der Waals surface area contributed by atoms with Gasteiger partial charge in [0.1, 0.15) is 0 Å². The topological polar surface area (TPSA) is 24.9 Å². The number of aromatic nitrogens is 1. The maximum absolute atomic E-state index is 12.3. The van der Waals surface area contributed by atoms with Gasteiger partial charge in [0.15, 0.2) is 0 Å². The number of rotatable bonds is 7. The Labute approximate surface area is 198 Å². The van der Waals surface area contributed by atoms with E-state index in [1.54, 1.807) is 25.1 Å². The zero-order valence-corrected chi connectivity index (χ0v) is 20.3. The van der Waals surface area contributed by atoms with Crippen LogP contribution in [0.25, 0.3) is 6.08 Å². The molecule has 34 heavy (non-hydrogen) atoms. The van der Waals surface area contributed by atoms with E-state index >= 15 is 0 Å². The molecular formula is C26H34F6N2. The van der Waals surface area contributed by atoms with Gasteiger partial charge in [-0.1, -0.05) is 71.2 Å². The van der Waals surface area contributed by atoms with Crippen LogP contribution < -0.4 is 5.32 Å². The molecule has 1 aromatic carbocycles. The number of halogens is 6. The van der Waals surface area contributed by atoms with Gasteiger partial charge < -0.3 is 5.32 Å². The molecule has 0 aliphatic rings. The van der Waals surface area contributed by atoms with E-state index in [2.05, 4.69) is 23.5 Å². The zero-order chi connectivity index (χ0) is 26.5. The fraction of sp³-hybridized carbons (Fsp3) is 0.423. The molecule has 2 rings (SSSR count). The fourth-order valence-electron chi connectivity index (χ4n) is 2.84. The van der Waals surface area contributed by atoms with E-state index in [0.29, 0.717) is 5.56 Å². The van der Waals surface area contributed by atoms with E-state index in [9.17, 15) is 26.3 Å². The van der Waals surface area contributed by atoms with Gasteiger partial charge in [0.25, 0.3) is 0 Å². The monoisotopic (exact) mass is 488 g/mol. The average molecular weight is 489 g/mol. The molecule has 0 saturated carbocycles. The van der Waals surface area contributed by atoms with Crippen molar-refractivity contribution in [1.29, 1.82) is 0 Å². The zero-order valence-electron chi connectivity index (χ0n) is 20.3. The van der Waals surface area contributed by atoms with Gasteiger partial charge in [0, 0.05) is 11.9 Å². The summed E-state index contributed by atoms with van der Waals surface area (Å²) in [6, 6.07) is 8.80. The Morgan fingerprint density at radius 2 is 1.62 bits per heavy atom. The summed E-state index contributed by atoms with van der Waals surface area (Å²) in [6.07, 6.45) is -5.71. The quantitative estimate of drug-likeness (QED) is 0.393. The van der Waals surface area contributed by atoms with Crippen LogP contribution in [0.3, 0.4) is 0 Å². The largest absolute Gasteiger partial charge is 0.416 e. The number of nitrogens with zero attached hydrogens (tertiary/aromatic N) is 1. The first-order valence-electron chi connectivity index (χ1n) is 11.0. The molecule has 0 aliphatic heterocycles. The number of nitrogens with one attached hydrogen (secondary N) is 1. The van der Waals surface area contributed by atoms with Crippen molar-refractivity contribution >= 4 is 6.08 Å². The first-order chi connectivity index (χ1) is 15.8. The molecule has 0 spiro atoms. The third kappa shape index (κ3) is 11.4. The van der Waals surface area contributed by atoms with Gasteiger partial charge in [-0.2, -0.15) is 26.3 Å². The SMILES string of the molecule is C=C(CC)NC(C)c1ccc(C(C)CC(F)(F)F)cn1.C=Cc1ccccc1C(F)(F)F.CC. The van der Waals surface area contributed by atoms with Gasteiger partial charge in [-0.25, -0.2) is 0 Å². The van der Waals surface area contributed by atoms with Crippen molar-refractivity contribution in [3.8, 4) is 0 Å². The molecule has 2 aromatic rings. The van der Waals surface area contributed by atoms with Gasteiger partial charge in [-0.15, -0.1) is 0 Å². The number of benzene rings is 1. The highest BCUT2D eigenvalue weighted by Gasteiger charge is 2.32. The van der Waals surface area contributed by atoms with Crippen LogP contribution in [0.5, 0.6) is 0 Å². The Hall–Kier alpha value is -2.77. The van der Waals surface area contributed by atoms with Crippen molar-refractivity contribution in [3.63, 3.8) is 0 Å². The van der Waals surface area contributed by atoms with Gasteiger partial charge in [0.05, 0.1) is 23.7 Å². The van der Waals surface area contributed by atoms with Crippen LogP contribution in [-0.2, 0) is 6.18 Å². The number of hydrogen-bond donors (Lipinski definition) is 1. The highest BCUT2D eigenvalue weighted by molar-refractivity contribution is 5.52. The maximum atomic E-state index is 12.3. The minimum Gasteiger partial charge on any atom is -0.381 e. The van der Waals surface area contributed by atoms with Crippen molar-refractivity contribution in [3.05, 3.63) is 83.8 Å². The van der Waals surface area contributed by atoms with Crippen molar-refractivity contribution in [2.24, 2.45) is 0 Å². The molecule has 0 saturated heterocycles. The first-order valence-corrected chi connectivity index (χ1v) is 11.0. The van der Waals surface area contributed by atoms with E-state index in [-0.39, 0.29) is 11.6 Å². The molecule has 0 fully saturated rings. The van der Waals surface area contributed by atoms with Gasteiger partial charge >= 0.3 is 12.4 Å². The summed E-state index contributed by atoms with van der Waals surface area (Å²) in [6.45, 7) is 16.7. The molecule has 190 valence electrons. The second kappa shape index (κ2) is 14.5. The third-order valence-corrected chi connectivity index (χ3v) is 4.69. The normalized spacial score (nSPS) is 12.8. The van der Waals surface area contributed by atoms with Crippen LogP contribution >= 0.6 is 0 Å². The lowest BCUT2D eigenvalue weighted by atomic mass is 9.98. The molecule has 2 unspecified atom stereocenters. The van der Waals surface area contributed by atoms with Crippen LogP contribution in [0, 0.1) is 0 Å². The minimum absolute atomic E-state index is 0.00516. The molecule has 0 bridgehead atoms. The highest BCUT2D eigenvalue weighted by atomic mass is 19.4. The lowest BCUT2D eigenvalue weighted by Crippen LogP contribution is -2.18. The molecule has 1 aromatic heterocycles. The Morgan fingerprint density at radius 3 is 2.03 bits per heavy atom. The second-order valence-electron chi connectivity index (χ2n) is 7.35. The summed E-state index contributed by atoms with van der Waals surface area (Å²) >= 11 is 0. The van der Waals surface area contributed by atoms with Crippen LogP contribution in [-0.4, -0.2) is 11.2 Å². The van der Waals surface area contributed by atoms with E-state index in [1.165, 1.54) is 24.4 Å². The molecule has 0 radical (unpaired) electrons. The summed E-state index contributed by atoms with van der Waals surface area (Å²) < 4.78 is 73.6. The lowest BCUT2D eigenvalue weighted by Gasteiger charge is -2.18. The summed E-state index contributed by atoms with van der Waals surface area (Å²) in [5.74, 6) is -0.578. The average Bonchev–Trinajstić information content (AvgIpc) is 2.79. The van der Waals surface area contributed by atoms with Gasteiger partial charge in [-0.3, -0.25) is 4.98 Å². The molecule has 1 heterocycles. The predicted molar refractivity (Wildman–Crippen MR) is 127 cm³/mol. The molecule has 8 heteroatoms. The Kier molecular flexibility index (Phi) is 13.3. The molecule has 2 nitrogen and oxygen atoms in total. The summed E-state index contributed by atoms with van der Waals surface area (Å²) in [5.41, 5.74) is 1.79. The van der Waals surface area contributed by atoms with Gasteiger partial charge in [0.2, 0.25) is 0 Å². The van der Waals surface area contributed by atoms with Crippen molar-refractivity contribution in [2.75, 3.05) is 0 Å². The van der Waals surface area contributed by atoms with Crippen molar-refractivity contribution < 1.29 is 26.3 Å². The smallest absolute Gasteiger partial charge is 0.381 e. The molecule has 2 atom stereocenters. The van der Waals surface area contributed by atoms with Crippen molar-refractivity contribution in [1.82, 2.24) is 10.3 Å². The van der Waals surface area contributed by atoms with Crippen LogP contribution in [0.1, 0.15) is 81.8 Å². The fourth-order valence-corrected chi connectivity index (χ4v) is 2.84. The van der Waals surface area contributed by atoms with E-state index in [1.807, 2.05) is 27.7 Å². The molecule has 0 amide bonds. The Morgan fingerprint density at radius 1 is 1.03 bits per heavy atom. The van der Waals surface area contributed by atoms with E-state index in [0.717, 1.165) is 23.9 Å². The van der Waals surface area contributed by atoms with Crippen LogP contribution in [0.2, 0.25) is 0 Å². The minimum atomic E-state index is -4.29. The van der Waals surface area contributed by atoms with E-state index in [4.69, 9.17) is 0 Å². The molecule has 1 N–H and O–H groups in total. The summed E-state index contributed by atoms with van der Waals surface area (Å²) in [7, 11) is 0. The second-order valence-corrected chi connectivity index (χ2v) is 7.35. The summed E-state index contributed by atoms with van der Waals surface area (Å²) in [4.78, 5) is 4.25. The lowest BCUT2D eigenvalue weighted by molar-refractivity contribution is -0.138. The Bertz CT molecular complexity index is 870. The standard InChI is InChI=1S/C15H21F3N2.C9H7F3.C2H6/c1-5-11(3)20-12(4)14-7-6-13(9-19-14)10(2)8-15(16,17)18;1-2-7-5-3-4-6-8(7)9(10,11)12;1-2/h6-7,9-10,12,20H,3,5,8H2,1-2,4H3;2-6H,1H2;1-2H3. The molecular weight excluding hydrogens is 454 g/mol. The molecule has 0 aliphatic carbocycles. The third-order valence-electron chi connectivity index (χ3n) is 4.69. The van der Waals surface area contributed by atoms with Crippen LogP contribution in [0.4, 0.5) is 26.3 Å². The van der Waals surface area contributed by atoms with Crippen LogP contribution in [0.15, 0.2) is 61.4 Å². The van der Waals surface area contributed by atoms with E-state index < -0.39 is 30.3 Å². The predicted octanol–water partition coefficient (Wildman–Crippen LogP) is 9.09. The first kappa shape index (κ1) is 31.2.